The van der Waals surface area contributed by atoms with Gasteiger partial charge in [-0.3, -0.25) is 0 Å². The van der Waals surface area contributed by atoms with Crippen molar-refractivity contribution in [1.82, 2.24) is 5.32 Å². The minimum absolute atomic E-state index is 0.0945. The van der Waals surface area contributed by atoms with Crippen molar-refractivity contribution in [2.24, 2.45) is 5.92 Å². The molecule has 6 heteroatoms. The van der Waals surface area contributed by atoms with E-state index in [-0.39, 0.29) is 16.9 Å². The molecular weight excluding hydrogens is 272 g/mol. The van der Waals surface area contributed by atoms with Crippen LogP contribution in [0.15, 0.2) is 17.0 Å². The van der Waals surface area contributed by atoms with Crippen molar-refractivity contribution in [2.45, 2.75) is 37.0 Å². The number of nitrogens with one attached hydrogen (secondary N) is 1. The molecule has 106 valence electrons. The zero-order chi connectivity index (χ0) is 14.4. The molecule has 0 spiro atoms. The van der Waals surface area contributed by atoms with Gasteiger partial charge in [-0.05, 0) is 37.1 Å². The van der Waals surface area contributed by atoms with Crippen LogP contribution >= 0.6 is 0 Å². The highest BCUT2D eigenvalue weighted by Crippen LogP contribution is 2.40. The number of fused-ring (bicyclic) bond motifs is 1. The van der Waals surface area contributed by atoms with Crippen LogP contribution in [0, 0.1) is 17.6 Å². The lowest BCUT2D eigenvalue weighted by Crippen LogP contribution is -2.41. The van der Waals surface area contributed by atoms with E-state index in [1.54, 1.807) is 13.8 Å². The van der Waals surface area contributed by atoms with Crippen LogP contribution in [0.1, 0.15) is 32.4 Å². The third-order valence-electron chi connectivity index (χ3n) is 3.87. The number of halogens is 2. The highest BCUT2D eigenvalue weighted by molar-refractivity contribution is 7.92. The Balaban J connectivity index is 2.71. The fraction of sp³-hybridized carbons (Fsp3) is 0.538. The van der Waals surface area contributed by atoms with Crippen LogP contribution in [-0.4, -0.2) is 20.2 Å². The molecule has 0 saturated heterocycles. The first-order valence-corrected chi connectivity index (χ1v) is 7.81. The van der Waals surface area contributed by atoms with Crippen LogP contribution in [0.5, 0.6) is 0 Å². The van der Waals surface area contributed by atoms with Crippen LogP contribution < -0.4 is 5.32 Å². The van der Waals surface area contributed by atoms with E-state index in [1.807, 2.05) is 6.92 Å². The lowest BCUT2D eigenvalue weighted by molar-refractivity contribution is 0.360. The van der Waals surface area contributed by atoms with Crippen LogP contribution in [0.4, 0.5) is 8.78 Å². The second-order valence-corrected chi connectivity index (χ2v) is 7.22. The maximum absolute atomic E-state index is 13.4. The van der Waals surface area contributed by atoms with Crippen molar-refractivity contribution < 1.29 is 17.2 Å². The molecular formula is C13H17F2NO2S. The normalized spacial score (nSPS) is 29.0. The van der Waals surface area contributed by atoms with Crippen LogP contribution in [0.2, 0.25) is 0 Å². The molecule has 3 nitrogen and oxygen atoms in total. The molecule has 0 bridgehead atoms. The molecule has 0 aromatic heterocycles. The third kappa shape index (κ3) is 2.17. The van der Waals surface area contributed by atoms with Crippen LogP contribution in [0.3, 0.4) is 0 Å². The third-order valence-corrected chi connectivity index (χ3v) is 6.25. The molecule has 0 amide bonds. The molecule has 1 heterocycles. The van der Waals surface area contributed by atoms with Gasteiger partial charge in [0.2, 0.25) is 0 Å². The largest absolute Gasteiger partial charge is 0.310 e. The lowest BCUT2D eigenvalue weighted by Gasteiger charge is -2.36. The van der Waals surface area contributed by atoms with Gasteiger partial charge in [0.25, 0.3) is 0 Å². The van der Waals surface area contributed by atoms with E-state index in [9.17, 15) is 17.2 Å². The standard InChI is InChI=1S/C13H17F2NO2S/c1-4-16-13-7(2)8(3)19(17,18)12-6-11(15)10(14)5-9(12)13/h5-8,13,16H,4H2,1-3H3. The van der Waals surface area contributed by atoms with E-state index in [4.69, 9.17) is 0 Å². The number of hydrogen-bond acceptors (Lipinski definition) is 3. The van der Waals surface area contributed by atoms with E-state index in [0.29, 0.717) is 12.1 Å². The van der Waals surface area contributed by atoms with Gasteiger partial charge in [-0.25, -0.2) is 17.2 Å². The van der Waals surface area contributed by atoms with E-state index >= 15 is 0 Å². The molecule has 19 heavy (non-hydrogen) atoms. The van der Waals surface area contributed by atoms with Gasteiger partial charge in [0.1, 0.15) is 0 Å². The van der Waals surface area contributed by atoms with Gasteiger partial charge in [0, 0.05) is 6.04 Å². The Labute approximate surface area is 111 Å². The molecule has 0 aliphatic carbocycles. The summed E-state index contributed by atoms with van der Waals surface area (Å²) in [5, 5.41) is 2.52. The summed E-state index contributed by atoms with van der Waals surface area (Å²) in [7, 11) is -3.61. The van der Waals surface area contributed by atoms with Crippen molar-refractivity contribution >= 4 is 9.84 Å². The smallest absolute Gasteiger partial charge is 0.181 e. The quantitative estimate of drug-likeness (QED) is 0.851. The first kappa shape index (κ1) is 14.4. The fourth-order valence-electron chi connectivity index (χ4n) is 2.59. The summed E-state index contributed by atoms with van der Waals surface area (Å²) in [4.78, 5) is -0.0945. The van der Waals surface area contributed by atoms with Gasteiger partial charge in [0.05, 0.1) is 10.1 Å². The lowest BCUT2D eigenvalue weighted by atomic mass is 9.91. The molecule has 1 aliphatic rings. The molecule has 0 fully saturated rings. The summed E-state index contributed by atoms with van der Waals surface area (Å²) in [5.41, 5.74) is 0.325. The average molecular weight is 289 g/mol. The number of hydrogen-bond donors (Lipinski definition) is 1. The second-order valence-electron chi connectivity index (χ2n) is 4.95. The molecule has 1 aliphatic heterocycles. The van der Waals surface area contributed by atoms with Crippen LogP contribution in [-0.2, 0) is 9.84 Å². The van der Waals surface area contributed by atoms with Gasteiger partial charge >= 0.3 is 0 Å². The van der Waals surface area contributed by atoms with Gasteiger partial charge in [0.15, 0.2) is 21.5 Å². The zero-order valence-electron chi connectivity index (χ0n) is 11.1. The molecule has 3 atom stereocenters. The van der Waals surface area contributed by atoms with E-state index in [2.05, 4.69) is 5.32 Å². The maximum atomic E-state index is 13.4. The van der Waals surface area contributed by atoms with Crippen molar-refractivity contribution in [2.75, 3.05) is 6.54 Å². The number of sulfone groups is 1. The van der Waals surface area contributed by atoms with E-state index < -0.39 is 26.7 Å². The van der Waals surface area contributed by atoms with E-state index in [1.165, 1.54) is 0 Å². The Morgan fingerprint density at radius 3 is 2.37 bits per heavy atom. The highest BCUT2D eigenvalue weighted by atomic mass is 32.2. The molecule has 2 rings (SSSR count). The van der Waals surface area contributed by atoms with Gasteiger partial charge in [-0.1, -0.05) is 13.8 Å². The topological polar surface area (TPSA) is 46.2 Å². The zero-order valence-corrected chi connectivity index (χ0v) is 11.9. The van der Waals surface area contributed by atoms with Crippen molar-refractivity contribution in [3.63, 3.8) is 0 Å². The number of rotatable bonds is 2. The average Bonchev–Trinajstić information content (AvgIpc) is 2.35. The van der Waals surface area contributed by atoms with Crippen molar-refractivity contribution in [3.8, 4) is 0 Å². The number of benzene rings is 1. The van der Waals surface area contributed by atoms with Crippen molar-refractivity contribution in [3.05, 3.63) is 29.3 Å². The van der Waals surface area contributed by atoms with Crippen molar-refractivity contribution in [1.29, 1.82) is 0 Å². The Kier molecular flexibility index (Phi) is 3.66. The molecule has 0 radical (unpaired) electrons. The van der Waals surface area contributed by atoms with Gasteiger partial charge in [-0.15, -0.1) is 0 Å². The predicted molar refractivity (Wildman–Crippen MR) is 68.6 cm³/mol. The summed E-state index contributed by atoms with van der Waals surface area (Å²) in [6.45, 7) is 5.93. The van der Waals surface area contributed by atoms with E-state index in [0.717, 1.165) is 12.1 Å². The molecule has 1 N–H and O–H groups in total. The summed E-state index contributed by atoms with van der Waals surface area (Å²) in [6.07, 6.45) is 0. The summed E-state index contributed by atoms with van der Waals surface area (Å²) in [6, 6.07) is 1.51. The predicted octanol–water partition coefficient (Wildman–Crippen LogP) is 2.43. The minimum Gasteiger partial charge on any atom is -0.310 e. The summed E-state index contributed by atoms with van der Waals surface area (Å²) in [5.74, 6) is -2.35. The molecule has 1 aromatic rings. The fourth-order valence-corrected chi connectivity index (χ4v) is 4.49. The van der Waals surface area contributed by atoms with Gasteiger partial charge in [-0.2, -0.15) is 0 Å². The highest BCUT2D eigenvalue weighted by Gasteiger charge is 2.42. The summed E-state index contributed by atoms with van der Waals surface area (Å²) >= 11 is 0. The molecule has 0 saturated carbocycles. The SMILES string of the molecule is CCNC1c2cc(F)c(F)cc2S(=O)(=O)C(C)C1C. The minimum atomic E-state index is -3.61. The Hall–Kier alpha value is -1.01. The van der Waals surface area contributed by atoms with Gasteiger partial charge < -0.3 is 5.32 Å². The molecule has 1 aromatic carbocycles. The first-order chi connectivity index (χ1) is 8.80. The van der Waals surface area contributed by atoms with Crippen LogP contribution in [0.25, 0.3) is 0 Å². The second kappa shape index (κ2) is 4.83. The maximum Gasteiger partial charge on any atom is 0.181 e. The first-order valence-electron chi connectivity index (χ1n) is 6.27. The molecule has 3 unspecified atom stereocenters. The Morgan fingerprint density at radius 2 is 1.79 bits per heavy atom. The Morgan fingerprint density at radius 1 is 1.21 bits per heavy atom. The Bertz CT molecular complexity index is 601. The monoisotopic (exact) mass is 289 g/mol. The summed E-state index contributed by atoms with van der Waals surface area (Å²) < 4.78 is 51.3.